The van der Waals surface area contributed by atoms with Gasteiger partial charge >= 0.3 is 6.09 Å². The summed E-state index contributed by atoms with van der Waals surface area (Å²) in [5.41, 5.74) is 5.23. The molecule has 0 aromatic heterocycles. The Balaban J connectivity index is 4.38. The molecule has 5 N–H and O–H groups in total. The molecule has 0 rings (SSSR count). The lowest BCUT2D eigenvalue weighted by Gasteiger charge is -2.22. The van der Waals surface area contributed by atoms with E-state index in [0.29, 0.717) is 19.4 Å². The van der Waals surface area contributed by atoms with Crippen LogP contribution in [0.15, 0.2) is 0 Å². The number of nitrogens with one attached hydrogen (secondary N) is 3. The standard InChI is InChI=1S/C16H32N4O4/c1-10(2)12(17)14(22)20-11(13(21)18-6)8-7-9-19-15(23)24-16(3,4)5/h10-12H,7-9,17H2,1-6H3,(H,18,21)(H,19,23)(H,20,22)/t11-,12-/m0/s1. The third-order valence-corrected chi connectivity index (χ3v) is 3.24. The zero-order chi connectivity index (χ0) is 18.9. The first-order valence-electron chi connectivity index (χ1n) is 8.22. The average molecular weight is 344 g/mol. The highest BCUT2D eigenvalue weighted by atomic mass is 16.6. The van der Waals surface area contributed by atoms with E-state index in [0.717, 1.165) is 0 Å². The molecule has 24 heavy (non-hydrogen) atoms. The fourth-order valence-corrected chi connectivity index (χ4v) is 1.82. The van der Waals surface area contributed by atoms with Crippen LogP contribution >= 0.6 is 0 Å². The Hall–Kier alpha value is -1.83. The minimum absolute atomic E-state index is 0.0239. The Morgan fingerprint density at radius 1 is 1.12 bits per heavy atom. The zero-order valence-electron chi connectivity index (χ0n) is 15.6. The van der Waals surface area contributed by atoms with Crippen molar-refractivity contribution in [3.05, 3.63) is 0 Å². The van der Waals surface area contributed by atoms with Crippen molar-refractivity contribution in [3.8, 4) is 0 Å². The van der Waals surface area contributed by atoms with E-state index in [1.807, 2.05) is 13.8 Å². The van der Waals surface area contributed by atoms with E-state index in [1.54, 1.807) is 20.8 Å². The number of nitrogens with two attached hydrogens (primary N) is 1. The number of likely N-dealkylation sites (N-methyl/N-ethyl adjacent to an activating group) is 1. The van der Waals surface area contributed by atoms with Crippen molar-refractivity contribution in [1.82, 2.24) is 16.0 Å². The van der Waals surface area contributed by atoms with Gasteiger partial charge in [0.1, 0.15) is 11.6 Å². The number of alkyl carbamates (subject to hydrolysis) is 1. The van der Waals surface area contributed by atoms with Crippen LogP contribution in [-0.4, -0.2) is 49.2 Å². The van der Waals surface area contributed by atoms with Gasteiger partial charge in [0.15, 0.2) is 0 Å². The maximum Gasteiger partial charge on any atom is 0.407 e. The summed E-state index contributed by atoms with van der Waals surface area (Å²) in [4.78, 5) is 35.4. The van der Waals surface area contributed by atoms with Crippen molar-refractivity contribution < 1.29 is 19.1 Å². The van der Waals surface area contributed by atoms with Gasteiger partial charge in [-0.15, -0.1) is 0 Å². The predicted octanol–water partition coefficient (Wildman–Crippen LogP) is 0.505. The van der Waals surface area contributed by atoms with Gasteiger partial charge in [-0.25, -0.2) is 4.79 Å². The minimum Gasteiger partial charge on any atom is -0.444 e. The Morgan fingerprint density at radius 3 is 2.17 bits per heavy atom. The van der Waals surface area contributed by atoms with Gasteiger partial charge in [0.2, 0.25) is 11.8 Å². The van der Waals surface area contributed by atoms with E-state index in [4.69, 9.17) is 10.5 Å². The number of carbonyl (C=O) groups excluding carboxylic acids is 3. The van der Waals surface area contributed by atoms with Crippen LogP contribution in [0, 0.1) is 5.92 Å². The molecule has 0 saturated heterocycles. The topological polar surface area (TPSA) is 123 Å². The fraction of sp³-hybridized carbons (Fsp3) is 0.812. The second-order valence-corrected chi connectivity index (χ2v) is 7.02. The molecule has 0 spiro atoms. The van der Waals surface area contributed by atoms with Gasteiger partial charge in [0.25, 0.3) is 0 Å². The van der Waals surface area contributed by atoms with E-state index in [-0.39, 0.29) is 17.7 Å². The first kappa shape index (κ1) is 22.2. The van der Waals surface area contributed by atoms with E-state index in [9.17, 15) is 14.4 Å². The van der Waals surface area contributed by atoms with Gasteiger partial charge in [-0.3, -0.25) is 9.59 Å². The lowest BCUT2D eigenvalue weighted by Crippen LogP contribution is -2.52. The van der Waals surface area contributed by atoms with Crippen molar-refractivity contribution in [2.75, 3.05) is 13.6 Å². The molecule has 3 amide bonds. The third-order valence-electron chi connectivity index (χ3n) is 3.24. The quantitative estimate of drug-likeness (QED) is 0.478. The monoisotopic (exact) mass is 344 g/mol. The molecule has 0 unspecified atom stereocenters. The Bertz CT molecular complexity index is 432. The van der Waals surface area contributed by atoms with E-state index >= 15 is 0 Å². The molecule has 0 bridgehead atoms. The molecule has 0 radical (unpaired) electrons. The maximum atomic E-state index is 12.0. The highest BCUT2D eigenvalue weighted by Gasteiger charge is 2.24. The van der Waals surface area contributed by atoms with Crippen molar-refractivity contribution >= 4 is 17.9 Å². The van der Waals surface area contributed by atoms with Crippen LogP contribution in [0.5, 0.6) is 0 Å². The van der Waals surface area contributed by atoms with Gasteiger partial charge in [-0.05, 0) is 39.5 Å². The molecule has 8 nitrogen and oxygen atoms in total. The Kier molecular flexibility index (Phi) is 9.35. The maximum absolute atomic E-state index is 12.0. The summed E-state index contributed by atoms with van der Waals surface area (Å²) in [6.45, 7) is 9.35. The molecule has 140 valence electrons. The lowest BCUT2D eigenvalue weighted by molar-refractivity contribution is -0.130. The number of hydrogen-bond acceptors (Lipinski definition) is 5. The lowest BCUT2D eigenvalue weighted by atomic mass is 10.0. The van der Waals surface area contributed by atoms with Gasteiger partial charge < -0.3 is 26.4 Å². The van der Waals surface area contributed by atoms with Crippen LogP contribution in [0.2, 0.25) is 0 Å². The molecular weight excluding hydrogens is 312 g/mol. The van der Waals surface area contributed by atoms with Crippen molar-refractivity contribution in [2.24, 2.45) is 11.7 Å². The summed E-state index contributed by atoms with van der Waals surface area (Å²) in [5, 5.41) is 7.78. The molecule has 0 fully saturated rings. The fourth-order valence-electron chi connectivity index (χ4n) is 1.82. The van der Waals surface area contributed by atoms with Gasteiger partial charge in [-0.1, -0.05) is 13.8 Å². The largest absolute Gasteiger partial charge is 0.444 e. The van der Waals surface area contributed by atoms with E-state index < -0.39 is 23.8 Å². The highest BCUT2D eigenvalue weighted by molar-refractivity contribution is 5.89. The first-order chi connectivity index (χ1) is 11.0. The molecule has 0 aromatic carbocycles. The summed E-state index contributed by atoms with van der Waals surface area (Å²) < 4.78 is 5.12. The number of amides is 3. The summed E-state index contributed by atoms with van der Waals surface area (Å²) in [5.74, 6) is -0.681. The SMILES string of the molecule is CNC(=O)[C@H](CCCNC(=O)OC(C)(C)C)NC(=O)[C@@H](N)C(C)C. The van der Waals surface area contributed by atoms with Crippen molar-refractivity contribution in [3.63, 3.8) is 0 Å². The van der Waals surface area contributed by atoms with Crippen LogP contribution < -0.4 is 21.7 Å². The number of carbonyl (C=O) groups is 3. The molecule has 0 aliphatic heterocycles. The molecule has 0 aliphatic rings. The van der Waals surface area contributed by atoms with Crippen molar-refractivity contribution in [1.29, 1.82) is 0 Å². The molecule has 0 saturated carbocycles. The molecule has 0 aromatic rings. The second-order valence-electron chi connectivity index (χ2n) is 7.02. The van der Waals surface area contributed by atoms with Gasteiger partial charge in [-0.2, -0.15) is 0 Å². The number of ether oxygens (including phenoxy) is 1. The van der Waals surface area contributed by atoms with Crippen LogP contribution in [-0.2, 0) is 14.3 Å². The second kappa shape index (κ2) is 10.1. The summed E-state index contributed by atoms with van der Waals surface area (Å²) in [6.07, 6.45) is 0.380. The highest BCUT2D eigenvalue weighted by Crippen LogP contribution is 2.06. The van der Waals surface area contributed by atoms with Crippen LogP contribution in [0.25, 0.3) is 0 Å². The summed E-state index contributed by atoms with van der Waals surface area (Å²) in [7, 11) is 1.50. The minimum atomic E-state index is -0.687. The molecule has 8 heteroatoms. The summed E-state index contributed by atoms with van der Waals surface area (Å²) in [6, 6.07) is -1.36. The Morgan fingerprint density at radius 2 is 1.71 bits per heavy atom. The number of hydrogen-bond donors (Lipinski definition) is 4. The van der Waals surface area contributed by atoms with Gasteiger partial charge in [0, 0.05) is 13.6 Å². The van der Waals surface area contributed by atoms with E-state index in [2.05, 4.69) is 16.0 Å². The zero-order valence-corrected chi connectivity index (χ0v) is 15.6. The van der Waals surface area contributed by atoms with Gasteiger partial charge in [0.05, 0.1) is 6.04 Å². The Labute approximate surface area is 144 Å². The number of rotatable bonds is 8. The predicted molar refractivity (Wildman–Crippen MR) is 92.3 cm³/mol. The van der Waals surface area contributed by atoms with Crippen molar-refractivity contribution in [2.45, 2.75) is 65.1 Å². The molecule has 2 atom stereocenters. The average Bonchev–Trinajstić information content (AvgIpc) is 2.46. The molecular formula is C16H32N4O4. The third kappa shape index (κ3) is 9.34. The van der Waals surface area contributed by atoms with Crippen LogP contribution in [0.4, 0.5) is 4.79 Å². The first-order valence-corrected chi connectivity index (χ1v) is 8.22. The summed E-state index contributed by atoms with van der Waals surface area (Å²) >= 11 is 0. The van der Waals surface area contributed by atoms with E-state index in [1.165, 1.54) is 7.05 Å². The smallest absolute Gasteiger partial charge is 0.407 e. The molecule has 0 aliphatic carbocycles. The van der Waals surface area contributed by atoms with Crippen LogP contribution in [0.3, 0.4) is 0 Å². The normalized spacial score (nSPS) is 13.8. The van der Waals surface area contributed by atoms with Crippen LogP contribution in [0.1, 0.15) is 47.5 Å². The molecule has 0 heterocycles.